The number of ether oxygens (including phenoxy) is 1. The average Bonchev–Trinajstić information content (AvgIpc) is 2.79. The van der Waals surface area contributed by atoms with Gasteiger partial charge in [-0.25, -0.2) is 0 Å². The van der Waals surface area contributed by atoms with E-state index in [0.29, 0.717) is 16.5 Å². The summed E-state index contributed by atoms with van der Waals surface area (Å²) in [6, 6.07) is 5.25. The van der Waals surface area contributed by atoms with Crippen molar-refractivity contribution in [3.8, 4) is 11.5 Å². The van der Waals surface area contributed by atoms with Crippen LogP contribution in [0.2, 0.25) is 5.02 Å². The highest BCUT2D eigenvalue weighted by atomic mass is 35.5. The Morgan fingerprint density at radius 2 is 2.26 bits per heavy atom. The van der Waals surface area contributed by atoms with Crippen molar-refractivity contribution in [3.63, 3.8) is 0 Å². The van der Waals surface area contributed by atoms with Crippen LogP contribution >= 0.6 is 11.6 Å². The summed E-state index contributed by atoms with van der Waals surface area (Å²) in [6.45, 7) is 4.65. The van der Waals surface area contributed by atoms with Crippen molar-refractivity contribution in [1.82, 2.24) is 9.78 Å². The zero-order valence-corrected chi connectivity index (χ0v) is 11.8. The molecule has 1 N–H and O–H groups in total. The fraction of sp³-hybridized carbons (Fsp3) is 0.357. The molecule has 0 fully saturated rings. The van der Waals surface area contributed by atoms with E-state index in [4.69, 9.17) is 16.3 Å². The molecule has 0 radical (unpaired) electrons. The van der Waals surface area contributed by atoms with E-state index < -0.39 is 6.10 Å². The summed E-state index contributed by atoms with van der Waals surface area (Å²) in [5, 5.41) is 14.1. The lowest BCUT2D eigenvalue weighted by Crippen LogP contribution is -1.95. The van der Waals surface area contributed by atoms with E-state index in [-0.39, 0.29) is 0 Å². The molecule has 0 saturated heterocycles. The molecular formula is C14H17ClN2O2. The van der Waals surface area contributed by atoms with Gasteiger partial charge in [0.2, 0.25) is 0 Å². The summed E-state index contributed by atoms with van der Waals surface area (Å²) in [6.07, 6.45) is 3.97. The molecule has 102 valence electrons. The van der Waals surface area contributed by atoms with Crippen LogP contribution in [0, 0.1) is 0 Å². The lowest BCUT2D eigenvalue weighted by molar-refractivity contribution is 0.199. The van der Waals surface area contributed by atoms with Crippen LogP contribution in [0.4, 0.5) is 0 Å². The van der Waals surface area contributed by atoms with Crippen LogP contribution in [-0.2, 0) is 6.54 Å². The van der Waals surface area contributed by atoms with Gasteiger partial charge in [0.25, 0.3) is 0 Å². The Balaban J connectivity index is 2.13. The number of aryl methyl sites for hydroxylation is 1. The fourth-order valence-corrected chi connectivity index (χ4v) is 1.96. The van der Waals surface area contributed by atoms with Crippen LogP contribution in [0.1, 0.15) is 31.9 Å². The van der Waals surface area contributed by atoms with E-state index in [2.05, 4.69) is 12.0 Å². The molecule has 0 unspecified atom stereocenters. The topological polar surface area (TPSA) is 47.3 Å². The van der Waals surface area contributed by atoms with E-state index >= 15 is 0 Å². The summed E-state index contributed by atoms with van der Waals surface area (Å²) in [4.78, 5) is 0. The van der Waals surface area contributed by atoms with Crippen LogP contribution in [-0.4, -0.2) is 14.9 Å². The van der Waals surface area contributed by atoms with E-state index in [1.165, 1.54) is 0 Å². The summed E-state index contributed by atoms with van der Waals surface area (Å²) in [7, 11) is 0. The van der Waals surface area contributed by atoms with Crippen LogP contribution in [0.25, 0.3) is 0 Å². The number of benzene rings is 1. The van der Waals surface area contributed by atoms with Crippen LogP contribution in [0.15, 0.2) is 30.6 Å². The summed E-state index contributed by atoms with van der Waals surface area (Å²) in [5.41, 5.74) is 0.763. The minimum Gasteiger partial charge on any atom is -0.452 e. The molecule has 1 heterocycles. The van der Waals surface area contributed by atoms with Gasteiger partial charge in [-0.2, -0.15) is 5.10 Å². The molecule has 1 aromatic carbocycles. The van der Waals surface area contributed by atoms with Crippen LogP contribution < -0.4 is 4.74 Å². The van der Waals surface area contributed by atoms with Gasteiger partial charge in [-0.1, -0.05) is 24.6 Å². The van der Waals surface area contributed by atoms with Crippen LogP contribution in [0.5, 0.6) is 11.5 Å². The van der Waals surface area contributed by atoms with E-state index in [1.807, 2.05) is 10.9 Å². The van der Waals surface area contributed by atoms with E-state index in [0.717, 1.165) is 18.5 Å². The molecule has 0 spiro atoms. The van der Waals surface area contributed by atoms with Crippen molar-refractivity contribution in [2.45, 2.75) is 32.9 Å². The third kappa shape index (κ3) is 3.49. The predicted molar refractivity (Wildman–Crippen MR) is 74.7 cm³/mol. The second kappa shape index (κ2) is 6.08. The second-order valence-corrected chi connectivity index (χ2v) is 4.81. The smallest absolute Gasteiger partial charge is 0.165 e. The normalized spacial score (nSPS) is 12.4. The standard InChI is InChI=1S/C14H17ClN2O2/c1-3-6-17-9-12(8-16-17)19-14-5-4-11(10(2)18)7-13(14)15/h4-5,7-10,18H,3,6H2,1-2H3/t10-/m1/s1. The van der Waals surface area contributed by atoms with Crippen molar-refractivity contribution in [2.24, 2.45) is 0 Å². The van der Waals surface area contributed by atoms with Crippen molar-refractivity contribution in [1.29, 1.82) is 0 Å². The molecule has 0 aliphatic rings. The quantitative estimate of drug-likeness (QED) is 0.906. The van der Waals surface area contributed by atoms with Crippen molar-refractivity contribution >= 4 is 11.6 Å². The minimum atomic E-state index is -0.543. The number of aromatic nitrogens is 2. The van der Waals surface area contributed by atoms with Gasteiger partial charge in [-0.15, -0.1) is 0 Å². The van der Waals surface area contributed by atoms with E-state index in [9.17, 15) is 5.11 Å². The molecule has 19 heavy (non-hydrogen) atoms. The number of hydrogen-bond donors (Lipinski definition) is 1. The molecule has 0 bridgehead atoms. The number of aliphatic hydroxyl groups excluding tert-OH is 1. The molecule has 2 rings (SSSR count). The Morgan fingerprint density at radius 3 is 2.89 bits per heavy atom. The maximum Gasteiger partial charge on any atom is 0.165 e. The van der Waals surface area contributed by atoms with Crippen molar-refractivity contribution in [2.75, 3.05) is 0 Å². The molecule has 0 aliphatic heterocycles. The van der Waals surface area contributed by atoms with Gasteiger partial charge >= 0.3 is 0 Å². The highest BCUT2D eigenvalue weighted by Gasteiger charge is 2.08. The zero-order valence-electron chi connectivity index (χ0n) is 11.0. The first-order chi connectivity index (χ1) is 9.10. The van der Waals surface area contributed by atoms with Gasteiger partial charge in [-0.05, 0) is 31.0 Å². The molecule has 0 amide bonds. The predicted octanol–water partition coefficient (Wildman–Crippen LogP) is 3.79. The highest BCUT2D eigenvalue weighted by Crippen LogP contribution is 2.31. The first kappa shape index (κ1) is 13.9. The monoisotopic (exact) mass is 280 g/mol. The number of hydrogen-bond acceptors (Lipinski definition) is 3. The molecule has 5 heteroatoms. The Labute approximate surface area is 117 Å². The highest BCUT2D eigenvalue weighted by molar-refractivity contribution is 6.32. The van der Waals surface area contributed by atoms with Gasteiger partial charge in [-0.3, -0.25) is 4.68 Å². The Kier molecular flexibility index (Phi) is 4.45. The Morgan fingerprint density at radius 1 is 1.47 bits per heavy atom. The van der Waals surface area contributed by atoms with Gasteiger partial charge in [0.15, 0.2) is 5.75 Å². The van der Waals surface area contributed by atoms with Crippen molar-refractivity contribution < 1.29 is 9.84 Å². The van der Waals surface area contributed by atoms with Gasteiger partial charge in [0, 0.05) is 6.54 Å². The van der Waals surface area contributed by atoms with Gasteiger partial charge in [0.05, 0.1) is 23.5 Å². The number of nitrogens with zero attached hydrogens (tertiary/aromatic N) is 2. The molecule has 1 aromatic heterocycles. The number of halogens is 1. The molecule has 4 nitrogen and oxygen atoms in total. The zero-order chi connectivity index (χ0) is 13.8. The Hall–Kier alpha value is -1.52. The van der Waals surface area contributed by atoms with E-state index in [1.54, 1.807) is 31.3 Å². The molecule has 2 aromatic rings. The fourth-order valence-electron chi connectivity index (χ4n) is 1.74. The second-order valence-electron chi connectivity index (χ2n) is 4.41. The van der Waals surface area contributed by atoms with Crippen molar-refractivity contribution in [3.05, 3.63) is 41.2 Å². The maximum atomic E-state index is 9.48. The summed E-state index contributed by atoms with van der Waals surface area (Å²) >= 11 is 6.13. The lowest BCUT2D eigenvalue weighted by Gasteiger charge is -2.09. The van der Waals surface area contributed by atoms with Gasteiger partial charge < -0.3 is 9.84 Å². The average molecular weight is 281 g/mol. The third-order valence-corrected chi connectivity index (χ3v) is 3.02. The SMILES string of the molecule is CCCn1cc(Oc2ccc([C@@H](C)O)cc2Cl)cn1. The first-order valence-electron chi connectivity index (χ1n) is 6.28. The molecule has 0 saturated carbocycles. The summed E-state index contributed by atoms with van der Waals surface area (Å²) in [5.74, 6) is 1.21. The molecule has 1 atom stereocenters. The Bertz CT molecular complexity index is 552. The molecular weight excluding hydrogens is 264 g/mol. The third-order valence-electron chi connectivity index (χ3n) is 2.73. The minimum absolute atomic E-state index is 0.474. The number of rotatable bonds is 5. The van der Waals surface area contributed by atoms with Crippen LogP contribution in [0.3, 0.4) is 0 Å². The molecule has 0 aliphatic carbocycles. The first-order valence-corrected chi connectivity index (χ1v) is 6.65. The summed E-state index contributed by atoms with van der Waals surface area (Å²) < 4.78 is 7.50. The maximum absolute atomic E-state index is 9.48. The number of aliphatic hydroxyl groups is 1. The lowest BCUT2D eigenvalue weighted by atomic mass is 10.1. The largest absolute Gasteiger partial charge is 0.452 e. The van der Waals surface area contributed by atoms with Gasteiger partial charge in [0.1, 0.15) is 5.75 Å².